The number of aliphatic hydroxyl groups excluding tert-OH is 1. The molecule has 0 saturated carbocycles. The monoisotopic (exact) mass is 674 g/mol. The van der Waals surface area contributed by atoms with Crippen LogP contribution in [0.3, 0.4) is 0 Å². The Bertz CT molecular complexity index is 1870. The fourth-order valence-electron chi connectivity index (χ4n) is 4.76. The Morgan fingerprint density at radius 1 is 1.11 bits per heavy atom. The summed E-state index contributed by atoms with van der Waals surface area (Å²) in [4.78, 5) is 66.7. The smallest absolute Gasteiger partial charge is 0.500 e. The number of aromatic amines is 1. The number of ether oxygens (including phenoxy) is 1. The number of furan rings is 1. The maximum atomic E-state index is 12.3. The van der Waals surface area contributed by atoms with E-state index in [4.69, 9.17) is 38.7 Å². The van der Waals surface area contributed by atoms with Gasteiger partial charge in [-0.25, -0.2) is 14.1 Å². The van der Waals surface area contributed by atoms with E-state index in [1.54, 1.807) is 0 Å². The number of rotatable bonds is 2. The SMILES string of the molecule is NC1=C2NCN(c3oc4c(c3O)O[P+](O)(O)O/C=C3/OC(n5cnc6c(=O)[nH]c(N)nc65)=C(O[P+](O)(O)OC4)[C@H]3O)C2NCN1. The number of nitrogens with zero attached hydrogens (tertiary/aromatic N) is 4. The molecule has 7 rings (SSSR count). The molecule has 45 heavy (non-hydrogen) atoms. The largest absolute Gasteiger partial charge is 0.663 e. The third kappa shape index (κ3) is 4.97. The van der Waals surface area contributed by atoms with Crippen molar-refractivity contribution >= 4 is 45.2 Å². The normalized spacial score (nSPS) is 25.2. The number of nitrogens with two attached hydrogens (primary N) is 2. The first-order chi connectivity index (χ1) is 21.3. The van der Waals surface area contributed by atoms with Crippen LogP contribution in [0.25, 0.3) is 17.0 Å². The van der Waals surface area contributed by atoms with E-state index in [2.05, 4.69) is 30.9 Å². The van der Waals surface area contributed by atoms with E-state index < -0.39 is 75.4 Å². The first kappa shape index (κ1) is 29.2. The Labute approximate surface area is 249 Å². The minimum atomic E-state index is -4.95. The van der Waals surface area contributed by atoms with Crippen LogP contribution in [0, 0.1) is 0 Å². The van der Waals surface area contributed by atoms with Gasteiger partial charge in [-0.15, -0.1) is 4.52 Å². The molecule has 14 N–H and O–H groups in total. The third-order valence-electron chi connectivity index (χ3n) is 6.73. The van der Waals surface area contributed by atoms with E-state index in [9.17, 15) is 34.6 Å². The van der Waals surface area contributed by atoms with Gasteiger partial charge in [0.15, 0.2) is 41.7 Å². The number of anilines is 2. The van der Waals surface area contributed by atoms with Gasteiger partial charge >= 0.3 is 16.3 Å². The van der Waals surface area contributed by atoms with Gasteiger partial charge in [-0.3, -0.25) is 24.1 Å². The van der Waals surface area contributed by atoms with E-state index in [-0.39, 0.29) is 36.3 Å². The van der Waals surface area contributed by atoms with Gasteiger partial charge in [0, 0.05) is 0 Å². The second-order valence-corrected chi connectivity index (χ2v) is 12.4. The molecule has 4 aliphatic rings. The molecule has 0 spiro atoms. The molecule has 240 valence electrons. The van der Waals surface area contributed by atoms with Crippen LogP contribution in [-0.4, -0.2) is 74.9 Å². The molecule has 23 nitrogen and oxygen atoms in total. The number of imidazole rings is 1. The molecule has 0 amide bonds. The maximum absolute atomic E-state index is 12.3. The molecule has 4 aliphatic heterocycles. The third-order valence-corrected chi connectivity index (χ3v) is 8.43. The average molecular weight is 674 g/mol. The summed E-state index contributed by atoms with van der Waals surface area (Å²) in [5.41, 5.74) is 11.1. The first-order valence-electron chi connectivity index (χ1n) is 12.6. The van der Waals surface area contributed by atoms with Crippen molar-refractivity contribution in [2.75, 3.05) is 24.0 Å². The fraction of sp³-hybridized carbons (Fsp3) is 0.250. The number of nitrogens with one attached hydrogen (secondary N) is 4. The van der Waals surface area contributed by atoms with Gasteiger partial charge in [0.25, 0.3) is 23.0 Å². The predicted molar refractivity (Wildman–Crippen MR) is 148 cm³/mol. The highest BCUT2D eigenvalue weighted by Gasteiger charge is 2.53. The Balaban J connectivity index is 1.28. The van der Waals surface area contributed by atoms with E-state index in [0.29, 0.717) is 17.8 Å². The van der Waals surface area contributed by atoms with Gasteiger partial charge in [-0.05, 0) is 0 Å². The van der Waals surface area contributed by atoms with Crippen molar-refractivity contribution in [2.45, 2.75) is 18.9 Å². The Hall–Kier alpha value is -4.57. The van der Waals surface area contributed by atoms with Crippen molar-refractivity contribution in [2.24, 2.45) is 5.73 Å². The highest BCUT2D eigenvalue weighted by molar-refractivity contribution is 7.55. The summed E-state index contributed by atoms with van der Waals surface area (Å²) in [7, 11) is -9.89. The van der Waals surface area contributed by atoms with E-state index in [1.165, 1.54) is 4.90 Å². The summed E-state index contributed by atoms with van der Waals surface area (Å²) in [6.07, 6.45) is -0.983. The highest BCUT2D eigenvalue weighted by atomic mass is 31.2. The quantitative estimate of drug-likeness (QED) is 0.123. The van der Waals surface area contributed by atoms with E-state index in [0.717, 1.165) is 10.9 Å². The van der Waals surface area contributed by atoms with Gasteiger partial charge in [0.05, 0.1) is 19.0 Å². The lowest BCUT2D eigenvalue weighted by Gasteiger charge is -2.28. The zero-order chi connectivity index (χ0) is 31.8. The molecule has 1 fully saturated rings. The molecular weight excluding hydrogens is 650 g/mol. The summed E-state index contributed by atoms with van der Waals surface area (Å²) in [5, 5.41) is 31.0. The van der Waals surface area contributed by atoms with Crippen molar-refractivity contribution in [3.05, 3.63) is 51.7 Å². The number of hydrogen-bond donors (Lipinski definition) is 12. The lowest BCUT2D eigenvalue weighted by atomic mass is 10.3. The molecule has 3 aromatic heterocycles. The summed E-state index contributed by atoms with van der Waals surface area (Å²) >= 11 is 0. The second-order valence-electron chi connectivity index (χ2n) is 9.58. The number of fused-ring (bicyclic) bond motifs is 5. The van der Waals surface area contributed by atoms with E-state index in [1.807, 2.05) is 0 Å². The van der Waals surface area contributed by atoms with Crippen LogP contribution in [0.4, 0.5) is 11.8 Å². The van der Waals surface area contributed by atoms with Gasteiger partial charge in [-0.1, -0.05) is 0 Å². The molecule has 1 unspecified atom stereocenters. The van der Waals surface area contributed by atoms with Crippen LogP contribution in [0.2, 0.25) is 0 Å². The van der Waals surface area contributed by atoms with Crippen LogP contribution in [0.15, 0.2) is 44.8 Å². The zero-order valence-corrected chi connectivity index (χ0v) is 24.1. The van der Waals surface area contributed by atoms with Crippen LogP contribution in [0.5, 0.6) is 11.5 Å². The molecule has 0 aromatic carbocycles. The number of aliphatic hydroxyl groups is 1. The Morgan fingerprint density at radius 2 is 1.91 bits per heavy atom. The summed E-state index contributed by atoms with van der Waals surface area (Å²) in [6.45, 7) is -0.557. The molecule has 0 radical (unpaired) electrons. The van der Waals surface area contributed by atoms with Gasteiger partial charge in [0.1, 0.15) is 18.3 Å². The molecular formula is C20H24N10O13P2+2. The number of hydrogen-bond acceptors (Lipinski definition) is 21. The van der Waals surface area contributed by atoms with Crippen molar-refractivity contribution in [1.29, 1.82) is 0 Å². The number of aromatic hydroxyl groups is 1. The maximum Gasteiger partial charge on any atom is 0.663 e. The second kappa shape index (κ2) is 10.2. The summed E-state index contributed by atoms with van der Waals surface area (Å²) in [6, 6.07) is 0. The number of H-pyrrole nitrogens is 1. The summed E-state index contributed by atoms with van der Waals surface area (Å²) in [5.74, 6) is -3.83. The molecule has 3 aromatic rings. The average Bonchev–Trinajstić information content (AvgIpc) is 3.72. The number of nitrogen functional groups attached to an aromatic ring is 1. The van der Waals surface area contributed by atoms with E-state index >= 15 is 0 Å². The van der Waals surface area contributed by atoms with Gasteiger partial charge in [-0.2, -0.15) is 24.6 Å². The minimum Gasteiger partial charge on any atom is -0.500 e. The highest BCUT2D eigenvalue weighted by Crippen LogP contribution is 2.61. The fourth-order valence-corrected chi connectivity index (χ4v) is 6.25. The van der Waals surface area contributed by atoms with Crippen LogP contribution < -0.4 is 42.4 Å². The summed E-state index contributed by atoms with van der Waals surface area (Å²) < 4.78 is 33.0. The van der Waals surface area contributed by atoms with Crippen LogP contribution in [0.1, 0.15) is 5.76 Å². The Kier molecular flexibility index (Phi) is 6.63. The first-order valence-corrected chi connectivity index (χ1v) is 15.6. The van der Waals surface area contributed by atoms with Crippen molar-refractivity contribution < 1.29 is 57.0 Å². The Morgan fingerprint density at radius 3 is 2.71 bits per heavy atom. The van der Waals surface area contributed by atoms with Crippen molar-refractivity contribution in [1.82, 2.24) is 35.5 Å². The van der Waals surface area contributed by atoms with Crippen molar-refractivity contribution in [3.8, 4) is 11.5 Å². The zero-order valence-electron chi connectivity index (χ0n) is 22.3. The van der Waals surface area contributed by atoms with Crippen LogP contribution in [-0.2, 0) is 24.9 Å². The minimum absolute atomic E-state index is 0.0683. The molecule has 7 heterocycles. The molecule has 2 bridgehead atoms. The standard InChI is InChI=1S/C20H22N10O13P2/c21-14-8-15(24-3-23-14)29(4-25-8)18-11(32)12-7(41-18)2-39-45(36,37)43-13-10(31)6(1-38-44(34,35)42-12)40-19(13)30-5-26-9-16(30)27-20(22)28-17(9)33/h1,5,10,15,23-25,31,34-37H,2-4,21H2,(H2-2,22,27,28,32,33)/p+2/b6-1+/t10-,15?/m0/s1. The van der Waals surface area contributed by atoms with Gasteiger partial charge < -0.3 is 46.4 Å². The predicted octanol–water partition coefficient (Wildman–Crippen LogP) is -2.70. The molecule has 0 aliphatic carbocycles. The molecule has 1 saturated heterocycles. The molecule has 25 heteroatoms. The molecule has 2 atom stereocenters. The topological polar surface area (TPSA) is 336 Å². The lowest BCUT2D eigenvalue weighted by molar-refractivity contribution is 0.102. The van der Waals surface area contributed by atoms with Crippen LogP contribution >= 0.6 is 16.3 Å². The van der Waals surface area contributed by atoms with Crippen molar-refractivity contribution in [3.63, 3.8) is 0 Å². The lowest BCUT2D eigenvalue weighted by Crippen LogP contribution is -2.51. The number of aromatic nitrogens is 4. The van der Waals surface area contributed by atoms with Gasteiger partial charge in [0.2, 0.25) is 17.6 Å².